The smallest absolute Gasteiger partial charge is 0.310 e. The van der Waals surface area contributed by atoms with Crippen LogP contribution in [0, 0.1) is 0 Å². The molecule has 3 aromatic rings. The van der Waals surface area contributed by atoms with E-state index in [1.165, 1.54) is 4.90 Å². The van der Waals surface area contributed by atoms with Crippen molar-refractivity contribution in [1.82, 2.24) is 4.90 Å². The Bertz CT molecular complexity index is 916. The number of rotatable bonds is 3. The van der Waals surface area contributed by atoms with Gasteiger partial charge in [0.15, 0.2) is 0 Å². The number of nitrogens with zero attached hydrogens (tertiary/aromatic N) is 2. The van der Waals surface area contributed by atoms with E-state index in [1.807, 2.05) is 72.8 Å². The highest BCUT2D eigenvalue weighted by Gasteiger charge is 2.37. The first-order valence-corrected chi connectivity index (χ1v) is 7.87. The van der Waals surface area contributed by atoms with Crippen LogP contribution < -0.4 is 4.90 Å². The predicted molar refractivity (Wildman–Crippen MR) is 93.7 cm³/mol. The van der Waals surface area contributed by atoms with Gasteiger partial charge in [-0.1, -0.05) is 66.7 Å². The molecule has 0 spiro atoms. The summed E-state index contributed by atoms with van der Waals surface area (Å²) in [6.07, 6.45) is 0. The molecule has 4 heteroatoms. The second kappa shape index (κ2) is 5.81. The Labute approximate surface area is 139 Å². The number of hydrogen-bond donors (Lipinski definition) is 0. The summed E-state index contributed by atoms with van der Waals surface area (Å²) in [4.78, 5) is 28.2. The van der Waals surface area contributed by atoms with Crippen LogP contribution in [0.15, 0.2) is 72.8 Å². The first kappa shape index (κ1) is 14.5. The maximum atomic E-state index is 12.8. The molecule has 24 heavy (non-hydrogen) atoms. The molecular formula is C20H16N2O2. The van der Waals surface area contributed by atoms with E-state index in [4.69, 9.17) is 0 Å². The van der Waals surface area contributed by atoms with Gasteiger partial charge in [0.2, 0.25) is 0 Å². The molecule has 0 bridgehead atoms. The molecule has 0 saturated carbocycles. The first-order chi connectivity index (χ1) is 11.7. The van der Waals surface area contributed by atoms with Crippen LogP contribution in [0.25, 0.3) is 10.8 Å². The van der Waals surface area contributed by atoms with Crippen molar-refractivity contribution in [3.8, 4) is 0 Å². The van der Waals surface area contributed by atoms with Gasteiger partial charge in [0.25, 0.3) is 5.91 Å². The molecule has 1 heterocycles. The number of carbonyl (C=O) groups is 2. The van der Waals surface area contributed by atoms with Crippen molar-refractivity contribution < 1.29 is 9.59 Å². The third-order valence-electron chi connectivity index (χ3n) is 4.26. The van der Waals surface area contributed by atoms with E-state index in [-0.39, 0.29) is 18.5 Å². The molecule has 0 unspecified atom stereocenters. The lowest BCUT2D eigenvalue weighted by atomic mass is 10.1. The summed E-state index contributed by atoms with van der Waals surface area (Å²) in [6, 6.07) is 22.9. The molecule has 0 aliphatic carbocycles. The van der Waals surface area contributed by atoms with Gasteiger partial charge in [-0.25, -0.2) is 9.69 Å². The van der Waals surface area contributed by atoms with Crippen molar-refractivity contribution in [2.24, 2.45) is 0 Å². The molecule has 0 radical (unpaired) electrons. The first-order valence-electron chi connectivity index (χ1n) is 7.87. The SMILES string of the molecule is O=C1CN(Cc2ccccc2)C(=O)N1c1cccc2ccccc12. The van der Waals surface area contributed by atoms with Gasteiger partial charge in [0.05, 0.1) is 5.69 Å². The third-order valence-corrected chi connectivity index (χ3v) is 4.26. The molecule has 3 amide bonds. The Balaban J connectivity index is 1.68. The van der Waals surface area contributed by atoms with Crippen molar-refractivity contribution in [2.75, 3.05) is 11.4 Å². The largest absolute Gasteiger partial charge is 0.332 e. The lowest BCUT2D eigenvalue weighted by Crippen LogP contribution is -2.32. The molecule has 0 N–H and O–H groups in total. The van der Waals surface area contributed by atoms with Crippen molar-refractivity contribution in [3.63, 3.8) is 0 Å². The monoisotopic (exact) mass is 316 g/mol. The molecule has 1 aliphatic heterocycles. The number of benzene rings is 3. The zero-order valence-electron chi connectivity index (χ0n) is 13.1. The van der Waals surface area contributed by atoms with Gasteiger partial charge in [0, 0.05) is 11.9 Å². The minimum absolute atomic E-state index is 0.108. The molecule has 0 aromatic heterocycles. The second-order valence-electron chi connectivity index (χ2n) is 5.85. The molecule has 1 fully saturated rings. The predicted octanol–water partition coefficient (Wildman–Crippen LogP) is 3.81. The zero-order chi connectivity index (χ0) is 16.5. The van der Waals surface area contributed by atoms with Crippen molar-refractivity contribution in [3.05, 3.63) is 78.4 Å². The molecule has 1 saturated heterocycles. The standard InChI is InChI=1S/C20H16N2O2/c23-19-14-21(13-15-7-2-1-3-8-15)20(24)22(19)18-12-6-10-16-9-4-5-11-17(16)18/h1-12H,13-14H2. The highest BCUT2D eigenvalue weighted by molar-refractivity contribution is 6.22. The van der Waals surface area contributed by atoms with Gasteiger partial charge in [-0.3, -0.25) is 4.79 Å². The van der Waals surface area contributed by atoms with Crippen LogP contribution in [0.5, 0.6) is 0 Å². The van der Waals surface area contributed by atoms with Gasteiger partial charge in [-0.05, 0) is 17.0 Å². The Morgan fingerprint density at radius 3 is 2.33 bits per heavy atom. The number of fused-ring (bicyclic) bond motifs is 1. The van der Waals surface area contributed by atoms with Crippen LogP contribution in [-0.2, 0) is 11.3 Å². The number of carbonyl (C=O) groups excluding carboxylic acids is 2. The molecule has 0 atom stereocenters. The number of urea groups is 1. The van der Waals surface area contributed by atoms with E-state index in [0.29, 0.717) is 12.2 Å². The maximum Gasteiger partial charge on any atom is 0.332 e. The Kier molecular flexibility index (Phi) is 3.50. The van der Waals surface area contributed by atoms with E-state index in [0.717, 1.165) is 16.3 Å². The van der Waals surface area contributed by atoms with Crippen molar-refractivity contribution in [2.45, 2.75) is 6.54 Å². The minimum Gasteiger partial charge on any atom is -0.310 e. The molecule has 1 aliphatic rings. The molecule has 118 valence electrons. The normalized spacial score (nSPS) is 14.7. The van der Waals surface area contributed by atoms with E-state index in [2.05, 4.69) is 0 Å². The van der Waals surface area contributed by atoms with Gasteiger partial charge in [0.1, 0.15) is 6.54 Å². The fraction of sp³-hybridized carbons (Fsp3) is 0.100. The fourth-order valence-corrected chi connectivity index (χ4v) is 3.12. The van der Waals surface area contributed by atoms with Crippen LogP contribution in [0.4, 0.5) is 10.5 Å². The summed E-state index contributed by atoms with van der Waals surface area (Å²) >= 11 is 0. The lowest BCUT2D eigenvalue weighted by molar-refractivity contribution is -0.116. The van der Waals surface area contributed by atoms with E-state index in [1.54, 1.807) is 4.90 Å². The highest BCUT2D eigenvalue weighted by Crippen LogP contribution is 2.30. The number of amides is 3. The second-order valence-corrected chi connectivity index (χ2v) is 5.85. The molecular weight excluding hydrogens is 300 g/mol. The van der Waals surface area contributed by atoms with Crippen LogP contribution >= 0.6 is 0 Å². The van der Waals surface area contributed by atoms with Crippen molar-refractivity contribution >= 4 is 28.4 Å². The van der Waals surface area contributed by atoms with Gasteiger partial charge >= 0.3 is 6.03 Å². The summed E-state index contributed by atoms with van der Waals surface area (Å²) in [6.45, 7) is 0.545. The third kappa shape index (κ3) is 2.42. The average molecular weight is 316 g/mol. The van der Waals surface area contributed by atoms with Crippen LogP contribution in [0.1, 0.15) is 5.56 Å². The van der Waals surface area contributed by atoms with E-state index in [9.17, 15) is 9.59 Å². The summed E-state index contributed by atoms with van der Waals surface area (Å²) < 4.78 is 0. The Morgan fingerprint density at radius 2 is 1.50 bits per heavy atom. The molecule has 3 aromatic carbocycles. The zero-order valence-corrected chi connectivity index (χ0v) is 13.1. The van der Waals surface area contributed by atoms with Gasteiger partial charge in [-0.2, -0.15) is 0 Å². The highest BCUT2D eigenvalue weighted by atomic mass is 16.2. The summed E-state index contributed by atoms with van der Waals surface area (Å²) in [5.74, 6) is -0.188. The van der Waals surface area contributed by atoms with Crippen LogP contribution in [0.2, 0.25) is 0 Å². The molecule has 4 nitrogen and oxygen atoms in total. The number of imide groups is 1. The number of hydrogen-bond acceptors (Lipinski definition) is 2. The maximum absolute atomic E-state index is 12.8. The summed E-state index contributed by atoms with van der Waals surface area (Å²) in [7, 11) is 0. The van der Waals surface area contributed by atoms with Crippen LogP contribution in [0.3, 0.4) is 0 Å². The Morgan fingerprint density at radius 1 is 0.792 bits per heavy atom. The average Bonchev–Trinajstić information content (AvgIpc) is 2.89. The van der Waals surface area contributed by atoms with Crippen molar-refractivity contribution in [1.29, 1.82) is 0 Å². The van der Waals surface area contributed by atoms with Gasteiger partial charge in [-0.15, -0.1) is 0 Å². The van der Waals surface area contributed by atoms with Crippen LogP contribution in [-0.4, -0.2) is 23.4 Å². The minimum atomic E-state index is -0.264. The number of anilines is 1. The van der Waals surface area contributed by atoms with Gasteiger partial charge < -0.3 is 4.90 Å². The summed E-state index contributed by atoms with van der Waals surface area (Å²) in [5, 5.41) is 1.92. The Hall–Kier alpha value is -3.14. The molecule has 4 rings (SSSR count). The van der Waals surface area contributed by atoms with E-state index < -0.39 is 0 Å². The lowest BCUT2D eigenvalue weighted by Gasteiger charge is -2.18. The fourth-order valence-electron chi connectivity index (χ4n) is 3.12. The quantitative estimate of drug-likeness (QED) is 0.689. The summed E-state index contributed by atoms with van der Waals surface area (Å²) in [5.41, 5.74) is 1.66. The van der Waals surface area contributed by atoms with E-state index >= 15 is 0 Å². The topological polar surface area (TPSA) is 40.6 Å².